The molecule has 0 heterocycles. The summed E-state index contributed by atoms with van der Waals surface area (Å²) in [6.45, 7) is 2.33. The van der Waals surface area contributed by atoms with Crippen molar-refractivity contribution in [2.45, 2.75) is 6.92 Å². The average molecular weight is 456 g/mol. The Balaban J connectivity index is 1.90. The van der Waals surface area contributed by atoms with E-state index in [1.54, 1.807) is 6.07 Å². The van der Waals surface area contributed by atoms with Gasteiger partial charge in [0.15, 0.2) is 6.61 Å². The van der Waals surface area contributed by atoms with Crippen molar-refractivity contribution in [1.82, 2.24) is 5.43 Å². The van der Waals surface area contributed by atoms with E-state index in [4.69, 9.17) is 9.47 Å². The highest BCUT2D eigenvalue weighted by Gasteiger charge is 2.05. The third-order valence-electron chi connectivity index (χ3n) is 2.86. The minimum Gasteiger partial charge on any atom is -0.493 e. The number of halogens is 2. The molecule has 0 spiro atoms. The number of nitrogens with zero attached hydrogens (tertiary/aromatic N) is 1. The lowest BCUT2D eigenvalue weighted by molar-refractivity contribution is -0.123. The Bertz CT molecular complexity index is 736. The van der Waals surface area contributed by atoms with E-state index in [1.807, 2.05) is 43.3 Å². The highest BCUT2D eigenvalue weighted by Crippen LogP contribution is 2.23. The van der Waals surface area contributed by atoms with Crippen molar-refractivity contribution in [3.8, 4) is 11.5 Å². The van der Waals surface area contributed by atoms with Gasteiger partial charge < -0.3 is 9.47 Å². The van der Waals surface area contributed by atoms with Gasteiger partial charge in [-0.2, -0.15) is 5.10 Å². The van der Waals surface area contributed by atoms with E-state index in [1.165, 1.54) is 6.21 Å². The molecule has 2 rings (SSSR count). The van der Waals surface area contributed by atoms with E-state index >= 15 is 0 Å². The lowest BCUT2D eigenvalue weighted by Gasteiger charge is -2.08. The quantitative estimate of drug-likeness (QED) is 0.504. The number of hydrazone groups is 1. The number of rotatable bonds is 7. The van der Waals surface area contributed by atoms with E-state index in [2.05, 4.69) is 42.4 Å². The van der Waals surface area contributed by atoms with E-state index in [0.29, 0.717) is 18.1 Å². The number of nitrogens with one attached hydrogen (secondary N) is 1. The molecule has 0 aliphatic rings. The van der Waals surface area contributed by atoms with E-state index < -0.39 is 0 Å². The summed E-state index contributed by atoms with van der Waals surface area (Å²) in [4.78, 5) is 11.8. The molecule has 2 aromatic carbocycles. The van der Waals surface area contributed by atoms with Crippen LogP contribution in [0.4, 0.5) is 0 Å². The van der Waals surface area contributed by atoms with Crippen LogP contribution in [-0.2, 0) is 4.79 Å². The Labute approximate surface area is 157 Å². The molecule has 24 heavy (non-hydrogen) atoms. The van der Waals surface area contributed by atoms with Crippen LogP contribution in [0, 0.1) is 0 Å². The third kappa shape index (κ3) is 5.65. The monoisotopic (exact) mass is 454 g/mol. The third-order valence-corrected chi connectivity index (χ3v) is 4.01. The standard InChI is InChI=1S/C17H16Br2N2O3/c1-2-23-15-8-7-13(18)9-12(15)10-20-21-17(22)11-24-16-6-4-3-5-14(16)19/h3-10H,2,11H2,1H3,(H,21,22)/b20-10-. The van der Waals surface area contributed by atoms with Crippen LogP contribution in [0.15, 0.2) is 56.5 Å². The maximum Gasteiger partial charge on any atom is 0.277 e. The lowest BCUT2D eigenvalue weighted by atomic mass is 10.2. The zero-order chi connectivity index (χ0) is 17.4. The van der Waals surface area contributed by atoms with Gasteiger partial charge in [-0.3, -0.25) is 4.79 Å². The van der Waals surface area contributed by atoms with Crippen LogP contribution < -0.4 is 14.9 Å². The van der Waals surface area contributed by atoms with Gasteiger partial charge in [0.25, 0.3) is 5.91 Å². The molecule has 0 radical (unpaired) electrons. The molecule has 0 aliphatic heterocycles. The minimum absolute atomic E-state index is 0.128. The van der Waals surface area contributed by atoms with E-state index in [-0.39, 0.29) is 12.5 Å². The zero-order valence-corrected chi connectivity index (χ0v) is 16.1. The summed E-state index contributed by atoms with van der Waals surface area (Å²) in [5, 5.41) is 3.94. The fourth-order valence-electron chi connectivity index (χ4n) is 1.82. The molecule has 5 nitrogen and oxygen atoms in total. The van der Waals surface area contributed by atoms with Gasteiger partial charge >= 0.3 is 0 Å². The van der Waals surface area contributed by atoms with Gasteiger partial charge in [0, 0.05) is 10.0 Å². The van der Waals surface area contributed by atoms with Crippen molar-refractivity contribution < 1.29 is 14.3 Å². The van der Waals surface area contributed by atoms with Gasteiger partial charge in [-0.25, -0.2) is 5.43 Å². The molecular weight excluding hydrogens is 440 g/mol. The smallest absolute Gasteiger partial charge is 0.277 e. The Morgan fingerprint density at radius 2 is 1.96 bits per heavy atom. The van der Waals surface area contributed by atoms with Crippen molar-refractivity contribution in [3.05, 3.63) is 57.0 Å². The number of hydrogen-bond acceptors (Lipinski definition) is 4. The molecule has 1 amide bonds. The SMILES string of the molecule is CCOc1ccc(Br)cc1/C=N\NC(=O)COc1ccccc1Br. The summed E-state index contributed by atoms with van der Waals surface area (Å²) in [5.74, 6) is 0.945. The molecule has 1 N–H and O–H groups in total. The van der Waals surface area contributed by atoms with Crippen molar-refractivity contribution in [2.24, 2.45) is 5.10 Å². The number of benzene rings is 2. The molecule has 0 atom stereocenters. The lowest BCUT2D eigenvalue weighted by Crippen LogP contribution is -2.24. The van der Waals surface area contributed by atoms with Crippen LogP contribution in [0.3, 0.4) is 0 Å². The zero-order valence-electron chi connectivity index (χ0n) is 13.0. The number of ether oxygens (including phenoxy) is 2. The maximum atomic E-state index is 11.8. The van der Waals surface area contributed by atoms with Crippen LogP contribution in [0.25, 0.3) is 0 Å². The maximum absolute atomic E-state index is 11.8. The second-order valence-corrected chi connectivity index (χ2v) is 6.40. The highest BCUT2D eigenvalue weighted by molar-refractivity contribution is 9.10. The molecule has 0 unspecified atom stereocenters. The summed E-state index contributed by atoms with van der Waals surface area (Å²) in [6.07, 6.45) is 1.53. The van der Waals surface area contributed by atoms with Gasteiger partial charge in [0.2, 0.25) is 0 Å². The fourth-order valence-corrected chi connectivity index (χ4v) is 2.60. The molecule has 0 aliphatic carbocycles. The highest BCUT2D eigenvalue weighted by atomic mass is 79.9. The second-order valence-electron chi connectivity index (χ2n) is 4.63. The van der Waals surface area contributed by atoms with Crippen LogP contribution in [0.5, 0.6) is 11.5 Å². The summed E-state index contributed by atoms with van der Waals surface area (Å²) in [6, 6.07) is 12.9. The summed E-state index contributed by atoms with van der Waals surface area (Å²) in [7, 11) is 0. The van der Waals surface area contributed by atoms with E-state index in [0.717, 1.165) is 14.5 Å². The van der Waals surface area contributed by atoms with Crippen molar-refractivity contribution in [1.29, 1.82) is 0 Å². The van der Waals surface area contributed by atoms with Gasteiger partial charge in [-0.05, 0) is 53.2 Å². The Kier molecular flexibility index (Phi) is 7.27. The Hall–Kier alpha value is -1.86. The summed E-state index contributed by atoms with van der Waals surface area (Å²) >= 11 is 6.75. The Morgan fingerprint density at radius 3 is 2.71 bits per heavy atom. The van der Waals surface area contributed by atoms with Gasteiger partial charge in [0.05, 0.1) is 17.3 Å². The normalized spacial score (nSPS) is 10.6. The van der Waals surface area contributed by atoms with Gasteiger partial charge in [0.1, 0.15) is 11.5 Å². The second kappa shape index (κ2) is 9.44. The van der Waals surface area contributed by atoms with Gasteiger partial charge in [-0.1, -0.05) is 28.1 Å². The Morgan fingerprint density at radius 1 is 1.17 bits per heavy atom. The fraction of sp³-hybridized carbons (Fsp3) is 0.176. The number of carbonyl (C=O) groups is 1. The molecular formula is C17H16Br2N2O3. The number of para-hydroxylation sites is 1. The molecule has 0 saturated heterocycles. The van der Waals surface area contributed by atoms with Crippen molar-refractivity contribution in [2.75, 3.05) is 13.2 Å². The molecule has 7 heteroatoms. The number of amides is 1. The van der Waals surface area contributed by atoms with Crippen LogP contribution in [0.2, 0.25) is 0 Å². The molecule has 126 valence electrons. The first-order valence-electron chi connectivity index (χ1n) is 7.21. The van der Waals surface area contributed by atoms with Crippen LogP contribution in [-0.4, -0.2) is 25.3 Å². The first-order valence-corrected chi connectivity index (χ1v) is 8.80. The topological polar surface area (TPSA) is 59.9 Å². The number of carbonyl (C=O) groups excluding carboxylic acids is 1. The van der Waals surface area contributed by atoms with Gasteiger partial charge in [-0.15, -0.1) is 0 Å². The first kappa shape index (κ1) is 18.5. The molecule has 0 fully saturated rings. The molecule has 0 bridgehead atoms. The van der Waals surface area contributed by atoms with Crippen LogP contribution >= 0.6 is 31.9 Å². The summed E-state index contributed by atoms with van der Waals surface area (Å²) < 4.78 is 12.6. The number of hydrogen-bond donors (Lipinski definition) is 1. The van der Waals surface area contributed by atoms with Crippen LogP contribution in [0.1, 0.15) is 12.5 Å². The molecule has 0 saturated carbocycles. The first-order chi connectivity index (χ1) is 11.6. The predicted octanol–water partition coefficient (Wildman–Crippen LogP) is 4.14. The summed E-state index contributed by atoms with van der Waals surface area (Å²) in [5.41, 5.74) is 3.19. The van der Waals surface area contributed by atoms with E-state index in [9.17, 15) is 4.79 Å². The largest absolute Gasteiger partial charge is 0.493 e. The minimum atomic E-state index is -0.352. The van der Waals surface area contributed by atoms with Crippen molar-refractivity contribution in [3.63, 3.8) is 0 Å². The molecule has 0 aromatic heterocycles. The molecule has 2 aromatic rings. The average Bonchev–Trinajstić information content (AvgIpc) is 2.56. The van der Waals surface area contributed by atoms with Crippen molar-refractivity contribution >= 4 is 44.0 Å². The predicted molar refractivity (Wildman–Crippen MR) is 101 cm³/mol.